The van der Waals surface area contributed by atoms with Gasteiger partial charge in [-0.2, -0.15) is 13.2 Å². The van der Waals surface area contributed by atoms with Gasteiger partial charge in [-0.05, 0) is 59.2 Å². The highest BCUT2D eigenvalue weighted by molar-refractivity contribution is 14.1. The zero-order valence-electron chi connectivity index (χ0n) is 14.6. The summed E-state index contributed by atoms with van der Waals surface area (Å²) in [5.41, 5.74) is 0.718. The van der Waals surface area contributed by atoms with E-state index in [0.29, 0.717) is 17.7 Å². The summed E-state index contributed by atoms with van der Waals surface area (Å²) in [7, 11) is 0. The number of likely N-dealkylation sites (tertiary alicyclic amines) is 1. The lowest BCUT2D eigenvalue weighted by molar-refractivity contribution is -0.137. The molecule has 0 radical (unpaired) electrons. The third-order valence-corrected chi connectivity index (χ3v) is 5.64. The molecule has 2 aromatic rings. The van der Waals surface area contributed by atoms with Crippen LogP contribution in [-0.2, 0) is 12.7 Å². The van der Waals surface area contributed by atoms with Gasteiger partial charge in [-0.25, -0.2) is 0 Å². The summed E-state index contributed by atoms with van der Waals surface area (Å²) in [4.78, 5) is 14.5. The van der Waals surface area contributed by atoms with Crippen molar-refractivity contribution in [3.8, 4) is 0 Å². The second-order valence-corrected chi connectivity index (χ2v) is 7.86. The summed E-state index contributed by atoms with van der Waals surface area (Å²) in [6, 6.07) is 13.0. The monoisotopic (exact) mass is 488 g/mol. The SMILES string of the molecule is O=C(NC1CCN(Cc2cccc(C(F)(F)F)c2)CC1)c1ccccc1I. The largest absolute Gasteiger partial charge is 0.416 e. The van der Waals surface area contributed by atoms with E-state index in [9.17, 15) is 18.0 Å². The highest BCUT2D eigenvalue weighted by atomic mass is 127. The quantitative estimate of drug-likeness (QED) is 0.633. The molecule has 1 saturated heterocycles. The van der Waals surface area contributed by atoms with Gasteiger partial charge in [0.15, 0.2) is 0 Å². The van der Waals surface area contributed by atoms with Gasteiger partial charge in [-0.3, -0.25) is 9.69 Å². The molecule has 1 heterocycles. The molecule has 0 saturated carbocycles. The maximum Gasteiger partial charge on any atom is 0.416 e. The zero-order valence-corrected chi connectivity index (χ0v) is 16.8. The molecular weight excluding hydrogens is 468 g/mol. The van der Waals surface area contributed by atoms with Crippen LogP contribution < -0.4 is 5.32 Å². The van der Waals surface area contributed by atoms with E-state index in [1.165, 1.54) is 12.1 Å². The van der Waals surface area contributed by atoms with Gasteiger partial charge in [-0.15, -0.1) is 0 Å². The number of piperidine rings is 1. The van der Waals surface area contributed by atoms with Crippen molar-refractivity contribution in [2.24, 2.45) is 0 Å². The highest BCUT2D eigenvalue weighted by Gasteiger charge is 2.30. The number of nitrogens with zero attached hydrogens (tertiary/aromatic N) is 1. The van der Waals surface area contributed by atoms with Crippen molar-refractivity contribution in [3.63, 3.8) is 0 Å². The fraction of sp³-hybridized carbons (Fsp3) is 0.350. The van der Waals surface area contributed by atoms with Crippen molar-refractivity contribution in [1.29, 1.82) is 0 Å². The predicted molar refractivity (Wildman–Crippen MR) is 106 cm³/mol. The van der Waals surface area contributed by atoms with Crippen LogP contribution in [-0.4, -0.2) is 29.9 Å². The van der Waals surface area contributed by atoms with Crippen LogP contribution in [0.1, 0.15) is 34.3 Å². The lowest BCUT2D eigenvalue weighted by Gasteiger charge is -2.32. The molecule has 1 aliphatic heterocycles. The minimum atomic E-state index is -4.32. The Hall–Kier alpha value is -1.61. The smallest absolute Gasteiger partial charge is 0.349 e. The molecule has 0 aliphatic carbocycles. The molecule has 3 rings (SSSR count). The number of carbonyl (C=O) groups is 1. The molecule has 3 nitrogen and oxygen atoms in total. The van der Waals surface area contributed by atoms with Crippen LogP contribution in [0.15, 0.2) is 48.5 Å². The minimum absolute atomic E-state index is 0.0728. The fourth-order valence-electron chi connectivity index (χ4n) is 3.25. The molecule has 0 atom stereocenters. The number of carbonyl (C=O) groups excluding carboxylic acids is 1. The summed E-state index contributed by atoms with van der Waals surface area (Å²) in [5, 5.41) is 3.07. The first-order chi connectivity index (χ1) is 12.8. The second-order valence-electron chi connectivity index (χ2n) is 6.70. The summed E-state index contributed by atoms with van der Waals surface area (Å²) >= 11 is 2.14. The molecule has 0 aromatic heterocycles. The van der Waals surface area contributed by atoms with E-state index in [4.69, 9.17) is 0 Å². The molecule has 1 aliphatic rings. The van der Waals surface area contributed by atoms with E-state index in [1.54, 1.807) is 12.1 Å². The number of amides is 1. The Morgan fingerprint density at radius 3 is 2.48 bits per heavy atom. The third-order valence-electron chi connectivity index (χ3n) is 4.70. The highest BCUT2D eigenvalue weighted by Crippen LogP contribution is 2.30. The molecule has 1 N–H and O–H groups in total. The first-order valence-electron chi connectivity index (χ1n) is 8.77. The number of halogens is 4. The predicted octanol–water partition coefficient (Wildman–Crippen LogP) is 4.70. The number of hydrogen-bond acceptors (Lipinski definition) is 2. The normalized spacial score (nSPS) is 16.3. The molecule has 2 aromatic carbocycles. The number of hydrogen-bond donors (Lipinski definition) is 1. The Morgan fingerprint density at radius 2 is 1.81 bits per heavy atom. The van der Waals surface area contributed by atoms with Crippen LogP contribution in [0.5, 0.6) is 0 Å². The molecule has 144 valence electrons. The van der Waals surface area contributed by atoms with E-state index in [-0.39, 0.29) is 11.9 Å². The van der Waals surface area contributed by atoms with Crippen molar-refractivity contribution in [3.05, 3.63) is 68.8 Å². The average Bonchev–Trinajstić information content (AvgIpc) is 2.63. The Labute approximate surface area is 170 Å². The van der Waals surface area contributed by atoms with Crippen LogP contribution in [0.3, 0.4) is 0 Å². The standard InChI is InChI=1S/C20H20F3IN2O/c21-20(22,23)15-5-3-4-14(12-15)13-26-10-8-16(9-11-26)25-19(27)17-6-1-2-7-18(17)24/h1-7,12,16H,8-11,13H2,(H,25,27). The Morgan fingerprint density at radius 1 is 1.11 bits per heavy atom. The van der Waals surface area contributed by atoms with Crippen LogP contribution >= 0.6 is 22.6 Å². The maximum atomic E-state index is 12.8. The summed E-state index contributed by atoms with van der Waals surface area (Å²) < 4.78 is 39.4. The van der Waals surface area contributed by atoms with E-state index in [0.717, 1.165) is 35.6 Å². The number of nitrogens with one attached hydrogen (secondary N) is 1. The summed E-state index contributed by atoms with van der Waals surface area (Å²) in [5.74, 6) is -0.0728. The lowest BCUT2D eigenvalue weighted by Crippen LogP contribution is -2.44. The first kappa shape index (κ1) is 20.1. The molecule has 27 heavy (non-hydrogen) atoms. The lowest BCUT2D eigenvalue weighted by atomic mass is 10.0. The van der Waals surface area contributed by atoms with Crippen molar-refractivity contribution in [1.82, 2.24) is 10.2 Å². The van der Waals surface area contributed by atoms with Gasteiger partial charge in [0, 0.05) is 29.2 Å². The molecule has 0 unspecified atom stereocenters. The van der Waals surface area contributed by atoms with E-state index in [1.807, 2.05) is 18.2 Å². The van der Waals surface area contributed by atoms with E-state index < -0.39 is 11.7 Å². The van der Waals surface area contributed by atoms with Gasteiger partial charge in [0.2, 0.25) is 0 Å². The van der Waals surface area contributed by atoms with Crippen molar-refractivity contribution in [2.75, 3.05) is 13.1 Å². The van der Waals surface area contributed by atoms with Gasteiger partial charge >= 0.3 is 6.18 Å². The van der Waals surface area contributed by atoms with Crippen LogP contribution in [0.4, 0.5) is 13.2 Å². The zero-order chi connectivity index (χ0) is 19.4. The Balaban J connectivity index is 1.52. The van der Waals surface area contributed by atoms with Gasteiger partial charge < -0.3 is 5.32 Å². The third kappa shape index (κ3) is 5.44. The van der Waals surface area contributed by atoms with Crippen molar-refractivity contribution in [2.45, 2.75) is 31.6 Å². The molecule has 7 heteroatoms. The van der Waals surface area contributed by atoms with E-state index >= 15 is 0 Å². The molecule has 1 fully saturated rings. The minimum Gasteiger partial charge on any atom is -0.349 e. The molecule has 1 amide bonds. The summed E-state index contributed by atoms with van der Waals surface area (Å²) in [6.07, 6.45) is -2.75. The fourth-order valence-corrected chi connectivity index (χ4v) is 3.88. The second kappa shape index (κ2) is 8.60. The molecular formula is C20H20F3IN2O. The Bertz CT molecular complexity index is 802. The maximum absolute atomic E-state index is 12.8. The first-order valence-corrected chi connectivity index (χ1v) is 9.84. The number of rotatable bonds is 4. The Kier molecular flexibility index (Phi) is 6.41. The van der Waals surface area contributed by atoms with E-state index in [2.05, 4.69) is 32.8 Å². The molecule has 0 spiro atoms. The van der Waals surface area contributed by atoms with Crippen LogP contribution in [0.25, 0.3) is 0 Å². The number of alkyl halides is 3. The van der Waals surface area contributed by atoms with Gasteiger partial charge in [0.1, 0.15) is 0 Å². The number of benzene rings is 2. The molecule has 0 bridgehead atoms. The van der Waals surface area contributed by atoms with Crippen molar-refractivity contribution < 1.29 is 18.0 Å². The van der Waals surface area contributed by atoms with Gasteiger partial charge in [0.25, 0.3) is 5.91 Å². The van der Waals surface area contributed by atoms with Crippen LogP contribution in [0, 0.1) is 3.57 Å². The van der Waals surface area contributed by atoms with Gasteiger partial charge in [-0.1, -0.05) is 30.3 Å². The van der Waals surface area contributed by atoms with Gasteiger partial charge in [0.05, 0.1) is 11.1 Å². The topological polar surface area (TPSA) is 32.3 Å². The van der Waals surface area contributed by atoms with Crippen LogP contribution in [0.2, 0.25) is 0 Å². The summed E-state index contributed by atoms with van der Waals surface area (Å²) in [6.45, 7) is 1.97. The average molecular weight is 488 g/mol. The van der Waals surface area contributed by atoms with Crippen molar-refractivity contribution >= 4 is 28.5 Å².